The molecule has 15 heavy (non-hydrogen) atoms. The van der Waals surface area contributed by atoms with Gasteiger partial charge in [0.2, 0.25) is 0 Å². The van der Waals surface area contributed by atoms with E-state index < -0.39 is 0 Å². The quantitative estimate of drug-likeness (QED) is 0.351. The van der Waals surface area contributed by atoms with Crippen LogP contribution in [-0.2, 0) is 9.53 Å². The maximum absolute atomic E-state index is 9.82. The highest BCUT2D eigenvalue weighted by molar-refractivity contribution is 5.78. The molecule has 1 aromatic rings. The lowest BCUT2D eigenvalue weighted by atomic mass is 10.2. The van der Waals surface area contributed by atoms with Crippen LogP contribution in [0.25, 0.3) is 0 Å². The van der Waals surface area contributed by atoms with Gasteiger partial charge in [-0.15, -0.1) is 0 Å². The minimum atomic E-state index is -0.211. The first-order valence-electron chi connectivity index (χ1n) is 4.56. The van der Waals surface area contributed by atoms with Gasteiger partial charge in [-0.2, -0.15) is 0 Å². The van der Waals surface area contributed by atoms with E-state index >= 15 is 0 Å². The average Bonchev–Trinajstić information content (AvgIpc) is 2.20. The summed E-state index contributed by atoms with van der Waals surface area (Å²) < 4.78 is 4.40. The summed E-state index contributed by atoms with van der Waals surface area (Å²) in [5, 5.41) is 11.0. The van der Waals surface area contributed by atoms with Crippen molar-refractivity contribution in [2.45, 2.75) is 13.8 Å². The molecule has 0 atom stereocenters. The number of esters is 1. The first-order valence-corrected chi connectivity index (χ1v) is 4.56. The molecule has 4 heteroatoms. The lowest BCUT2D eigenvalue weighted by molar-refractivity contribution is -0.140. The van der Waals surface area contributed by atoms with Crippen LogP contribution in [0.2, 0.25) is 0 Å². The van der Waals surface area contributed by atoms with Crippen LogP contribution in [0.4, 0.5) is 0 Å². The molecule has 0 saturated heterocycles. The van der Waals surface area contributed by atoms with Crippen LogP contribution in [0.5, 0.6) is 0 Å². The fourth-order valence-corrected chi connectivity index (χ4v) is 0.809. The van der Waals surface area contributed by atoms with E-state index in [1.165, 1.54) is 13.1 Å². The topological polar surface area (TPSA) is 58.9 Å². The van der Waals surface area contributed by atoms with Crippen molar-refractivity contribution in [3.63, 3.8) is 0 Å². The molecule has 0 spiro atoms. The summed E-state index contributed by atoms with van der Waals surface area (Å²) in [6.45, 7) is 3.65. The molecule has 0 saturated carbocycles. The molecule has 0 amide bonds. The fourth-order valence-electron chi connectivity index (χ4n) is 0.809. The molecule has 0 aliphatic heterocycles. The van der Waals surface area contributed by atoms with Gasteiger partial charge in [0.15, 0.2) is 0 Å². The van der Waals surface area contributed by atoms with Crippen molar-refractivity contribution in [2.24, 2.45) is 5.16 Å². The molecule has 82 valence electrons. The second-order valence-corrected chi connectivity index (χ2v) is 2.58. The van der Waals surface area contributed by atoms with Gasteiger partial charge in [-0.05, 0) is 12.5 Å². The number of nitrogens with zero attached hydrogens (tertiary/aromatic N) is 1. The lowest BCUT2D eigenvalue weighted by Gasteiger charge is -1.89. The molecular weight excluding hydrogens is 194 g/mol. The van der Waals surface area contributed by atoms with Crippen molar-refractivity contribution in [2.75, 3.05) is 6.61 Å². The summed E-state index contributed by atoms with van der Waals surface area (Å²) in [5.41, 5.74) is 0.903. The largest absolute Gasteiger partial charge is 0.466 e. The van der Waals surface area contributed by atoms with Gasteiger partial charge in [-0.1, -0.05) is 35.5 Å². The Kier molecular flexibility index (Phi) is 7.67. The molecular formula is C11H15NO3. The van der Waals surface area contributed by atoms with Gasteiger partial charge >= 0.3 is 5.97 Å². The third kappa shape index (κ3) is 8.49. The predicted molar refractivity (Wildman–Crippen MR) is 58.1 cm³/mol. The third-order valence-corrected chi connectivity index (χ3v) is 1.35. The van der Waals surface area contributed by atoms with Gasteiger partial charge in [0.25, 0.3) is 0 Å². The van der Waals surface area contributed by atoms with Gasteiger partial charge in [0.1, 0.15) is 0 Å². The highest BCUT2D eigenvalue weighted by Gasteiger charge is 1.81. The first-order chi connectivity index (χ1) is 7.20. The number of ether oxygens (including phenoxy) is 1. The Morgan fingerprint density at radius 1 is 1.47 bits per heavy atom. The van der Waals surface area contributed by atoms with Crippen LogP contribution < -0.4 is 0 Å². The van der Waals surface area contributed by atoms with Crippen molar-refractivity contribution in [1.82, 2.24) is 0 Å². The van der Waals surface area contributed by atoms with Crippen molar-refractivity contribution in [3.05, 3.63) is 35.9 Å². The zero-order valence-electron chi connectivity index (χ0n) is 8.88. The molecule has 0 aromatic heterocycles. The number of hydrogen-bond donors (Lipinski definition) is 1. The smallest absolute Gasteiger partial charge is 0.302 e. The summed E-state index contributed by atoms with van der Waals surface area (Å²) in [4.78, 5) is 9.82. The Bertz CT molecular complexity index is 296. The molecule has 1 aromatic carbocycles. The van der Waals surface area contributed by atoms with Gasteiger partial charge < -0.3 is 9.94 Å². The van der Waals surface area contributed by atoms with Crippen molar-refractivity contribution >= 4 is 12.2 Å². The van der Waals surface area contributed by atoms with Crippen molar-refractivity contribution < 1.29 is 14.7 Å². The SMILES string of the molecule is CCOC(C)=O.O/N=C/c1ccccc1. The minimum Gasteiger partial charge on any atom is -0.466 e. The predicted octanol–water partition coefficient (Wildman–Crippen LogP) is 2.06. The monoisotopic (exact) mass is 209 g/mol. The molecule has 0 unspecified atom stereocenters. The Morgan fingerprint density at radius 3 is 2.40 bits per heavy atom. The van der Waals surface area contributed by atoms with Crippen molar-refractivity contribution in [3.8, 4) is 0 Å². The van der Waals surface area contributed by atoms with Gasteiger partial charge in [0.05, 0.1) is 12.8 Å². The molecule has 1 rings (SSSR count). The van der Waals surface area contributed by atoms with E-state index in [2.05, 4.69) is 9.89 Å². The summed E-state index contributed by atoms with van der Waals surface area (Å²) in [5.74, 6) is -0.211. The van der Waals surface area contributed by atoms with E-state index in [0.717, 1.165) is 5.56 Å². The van der Waals surface area contributed by atoms with E-state index in [0.29, 0.717) is 6.61 Å². The average molecular weight is 209 g/mol. The van der Waals surface area contributed by atoms with Crippen LogP contribution in [0.15, 0.2) is 35.5 Å². The molecule has 0 bridgehead atoms. The summed E-state index contributed by atoms with van der Waals surface area (Å²) in [6.07, 6.45) is 1.39. The van der Waals surface area contributed by atoms with E-state index in [1.54, 1.807) is 6.92 Å². The number of benzene rings is 1. The molecule has 0 radical (unpaired) electrons. The standard InChI is InChI=1S/C7H7NO.C4H8O2/c9-8-6-7-4-2-1-3-5-7;1-3-6-4(2)5/h1-6,9H;3H2,1-2H3/b8-6+;. The fraction of sp³-hybridized carbons (Fsp3) is 0.273. The zero-order valence-corrected chi connectivity index (χ0v) is 8.88. The highest BCUT2D eigenvalue weighted by atomic mass is 16.5. The lowest BCUT2D eigenvalue weighted by Crippen LogP contribution is -1.95. The maximum Gasteiger partial charge on any atom is 0.302 e. The molecule has 4 nitrogen and oxygen atoms in total. The summed E-state index contributed by atoms with van der Waals surface area (Å²) in [7, 11) is 0. The first kappa shape index (κ1) is 13.2. The van der Waals surface area contributed by atoms with E-state index in [1.807, 2.05) is 30.3 Å². The zero-order chi connectivity index (χ0) is 11.5. The van der Waals surface area contributed by atoms with Crippen LogP contribution >= 0.6 is 0 Å². The molecule has 0 aliphatic rings. The minimum absolute atomic E-state index is 0.211. The Balaban J connectivity index is 0.000000288. The summed E-state index contributed by atoms with van der Waals surface area (Å²) >= 11 is 0. The van der Waals surface area contributed by atoms with Crippen LogP contribution in [0.3, 0.4) is 0 Å². The van der Waals surface area contributed by atoms with Gasteiger partial charge in [-0.3, -0.25) is 4.79 Å². The van der Waals surface area contributed by atoms with Crippen LogP contribution in [-0.4, -0.2) is 24.0 Å². The van der Waals surface area contributed by atoms with Crippen LogP contribution in [0.1, 0.15) is 19.4 Å². The van der Waals surface area contributed by atoms with E-state index in [4.69, 9.17) is 5.21 Å². The van der Waals surface area contributed by atoms with Gasteiger partial charge in [0, 0.05) is 6.92 Å². The maximum atomic E-state index is 9.82. The number of carbonyl (C=O) groups excluding carboxylic acids is 1. The number of hydrogen-bond acceptors (Lipinski definition) is 4. The van der Waals surface area contributed by atoms with Crippen LogP contribution in [0, 0.1) is 0 Å². The number of rotatable bonds is 2. The van der Waals surface area contributed by atoms with Gasteiger partial charge in [-0.25, -0.2) is 0 Å². The molecule has 1 N–H and O–H groups in total. The number of carbonyl (C=O) groups is 1. The van der Waals surface area contributed by atoms with E-state index in [-0.39, 0.29) is 5.97 Å². The van der Waals surface area contributed by atoms with Crippen molar-refractivity contribution in [1.29, 1.82) is 0 Å². The molecule has 0 aliphatic carbocycles. The Hall–Kier alpha value is -1.84. The summed E-state index contributed by atoms with van der Waals surface area (Å²) in [6, 6.07) is 9.40. The Labute approximate surface area is 89.2 Å². The second-order valence-electron chi connectivity index (χ2n) is 2.58. The Morgan fingerprint density at radius 2 is 2.07 bits per heavy atom. The molecule has 0 heterocycles. The normalized spacial score (nSPS) is 9.20. The second kappa shape index (κ2) is 8.74. The molecule has 0 fully saturated rings. The van der Waals surface area contributed by atoms with E-state index in [9.17, 15) is 4.79 Å². The number of oxime groups is 1. The highest BCUT2D eigenvalue weighted by Crippen LogP contribution is 1.92. The third-order valence-electron chi connectivity index (χ3n) is 1.35.